The van der Waals surface area contributed by atoms with E-state index in [9.17, 15) is 4.79 Å². The molecular formula is C9H7NO. The van der Waals surface area contributed by atoms with Crippen molar-refractivity contribution >= 4 is 5.94 Å². The molecule has 0 N–H and O–H groups in total. The molecule has 0 aromatic heterocycles. The Labute approximate surface area is 65.1 Å². The van der Waals surface area contributed by atoms with E-state index in [0.29, 0.717) is 12.0 Å². The first kappa shape index (κ1) is 7.53. The van der Waals surface area contributed by atoms with E-state index in [1.165, 1.54) is 0 Å². The normalized spacial score (nSPS) is 21.0. The summed E-state index contributed by atoms with van der Waals surface area (Å²) in [6.07, 6.45) is 7.49. The molecule has 0 saturated heterocycles. The van der Waals surface area contributed by atoms with Crippen LogP contribution in [0, 0.1) is 17.2 Å². The second-order valence-corrected chi connectivity index (χ2v) is 2.27. The fraction of sp³-hybridized carbons (Fsp3) is 0.222. The van der Waals surface area contributed by atoms with E-state index < -0.39 is 0 Å². The first-order valence-corrected chi connectivity index (χ1v) is 3.35. The van der Waals surface area contributed by atoms with Gasteiger partial charge in [-0.3, -0.25) is 0 Å². The third-order valence-electron chi connectivity index (χ3n) is 1.56. The average molecular weight is 145 g/mol. The van der Waals surface area contributed by atoms with Crippen molar-refractivity contribution in [2.45, 2.75) is 6.42 Å². The molecule has 0 aliphatic heterocycles. The van der Waals surface area contributed by atoms with Crippen molar-refractivity contribution in [2.75, 3.05) is 0 Å². The lowest BCUT2D eigenvalue weighted by atomic mass is 9.93. The number of nitrogens with zero attached hydrogens (tertiary/aromatic N) is 1. The van der Waals surface area contributed by atoms with Gasteiger partial charge in [0.25, 0.3) is 0 Å². The van der Waals surface area contributed by atoms with Crippen molar-refractivity contribution < 1.29 is 4.79 Å². The van der Waals surface area contributed by atoms with Gasteiger partial charge in [0, 0.05) is 17.9 Å². The molecule has 0 spiro atoms. The van der Waals surface area contributed by atoms with E-state index in [-0.39, 0.29) is 5.92 Å². The van der Waals surface area contributed by atoms with Gasteiger partial charge in [0.05, 0.1) is 6.07 Å². The Morgan fingerprint density at radius 1 is 1.55 bits per heavy atom. The van der Waals surface area contributed by atoms with Crippen LogP contribution in [0.3, 0.4) is 0 Å². The summed E-state index contributed by atoms with van der Waals surface area (Å²) >= 11 is 0. The summed E-state index contributed by atoms with van der Waals surface area (Å²) < 4.78 is 0. The van der Waals surface area contributed by atoms with E-state index in [4.69, 9.17) is 5.26 Å². The highest BCUT2D eigenvalue weighted by Gasteiger charge is 2.10. The molecule has 0 heterocycles. The Morgan fingerprint density at radius 2 is 2.36 bits per heavy atom. The highest BCUT2D eigenvalue weighted by atomic mass is 16.1. The first-order chi connectivity index (χ1) is 5.38. The van der Waals surface area contributed by atoms with Crippen LogP contribution < -0.4 is 0 Å². The molecule has 0 aromatic carbocycles. The number of hydrogen-bond acceptors (Lipinski definition) is 2. The number of allylic oxidation sites excluding steroid dienone is 5. The molecule has 1 rings (SSSR count). The predicted molar refractivity (Wildman–Crippen MR) is 41.2 cm³/mol. The van der Waals surface area contributed by atoms with Gasteiger partial charge in [0.1, 0.15) is 5.94 Å². The molecule has 0 radical (unpaired) electrons. The van der Waals surface area contributed by atoms with Gasteiger partial charge in [-0.05, 0) is 6.08 Å². The molecule has 1 aliphatic carbocycles. The van der Waals surface area contributed by atoms with Crippen molar-refractivity contribution in [3.8, 4) is 6.07 Å². The quantitative estimate of drug-likeness (QED) is 0.523. The van der Waals surface area contributed by atoms with Gasteiger partial charge >= 0.3 is 0 Å². The van der Waals surface area contributed by atoms with Crippen LogP contribution in [0.2, 0.25) is 0 Å². The van der Waals surface area contributed by atoms with Gasteiger partial charge in [0.2, 0.25) is 0 Å². The summed E-state index contributed by atoms with van der Waals surface area (Å²) in [5.41, 5.74) is 0.564. The van der Waals surface area contributed by atoms with Gasteiger partial charge in [-0.15, -0.1) is 0 Å². The first-order valence-electron chi connectivity index (χ1n) is 3.35. The van der Waals surface area contributed by atoms with Gasteiger partial charge in [0.15, 0.2) is 0 Å². The minimum absolute atomic E-state index is 0.0532. The zero-order valence-corrected chi connectivity index (χ0v) is 5.95. The summed E-state index contributed by atoms with van der Waals surface area (Å²) in [5, 5.41) is 8.38. The van der Waals surface area contributed by atoms with Gasteiger partial charge in [-0.2, -0.15) is 5.26 Å². The van der Waals surface area contributed by atoms with E-state index in [2.05, 4.69) is 0 Å². The van der Waals surface area contributed by atoms with Gasteiger partial charge in [-0.25, -0.2) is 4.79 Å². The molecule has 0 bridgehead atoms. The maximum absolute atomic E-state index is 10.3. The van der Waals surface area contributed by atoms with Crippen LogP contribution in [0.15, 0.2) is 29.9 Å². The minimum atomic E-state index is -0.0532. The second-order valence-electron chi connectivity index (χ2n) is 2.27. The molecule has 0 aromatic rings. The number of nitriles is 1. The Bertz CT molecular complexity index is 287. The van der Waals surface area contributed by atoms with Crippen molar-refractivity contribution in [3.05, 3.63) is 29.9 Å². The number of hydrogen-bond donors (Lipinski definition) is 0. The Balaban J connectivity index is 2.81. The molecule has 1 atom stereocenters. The maximum Gasteiger partial charge on any atom is 0.128 e. The molecular weight excluding hydrogens is 138 g/mol. The van der Waals surface area contributed by atoms with Crippen LogP contribution in [0.25, 0.3) is 0 Å². The summed E-state index contributed by atoms with van der Waals surface area (Å²) in [5.74, 6) is 1.76. The van der Waals surface area contributed by atoms with E-state index in [1.54, 1.807) is 12.2 Å². The summed E-state index contributed by atoms with van der Waals surface area (Å²) in [6.45, 7) is 0. The predicted octanol–water partition coefficient (Wildman–Crippen LogP) is 1.40. The molecule has 2 nitrogen and oxygen atoms in total. The smallest absolute Gasteiger partial charge is 0.128 e. The lowest BCUT2D eigenvalue weighted by Gasteiger charge is -2.08. The van der Waals surface area contributed by atoms with Crippen LogP contribution in [-0.2, 0) is 4.79 Å². The SMILES string of the molecule is N#CCC1C=CC=CC1=C=O. The fourth-order valence-corrected chi connectivity index (χ4v) is 0.971. The van der Waals surface area contributed by atoms with Crippen molar-refractivity contribution in [3.63, 3.8) is 0 Å². The van der Waals surface area contributed by atoms with Crippen LogP contribution in [0.1, 0.15) is 6.42 Å². The van der Waals surface area contributed by atoms with Crippen LogP contribution in [-0.4, -0.2) is 5.94 Å². The topological polar surface area (TPSA) is 40.9 Å². The van der Waals surface area contributed by atoms with Gasteiger partial charge < -0.3 is 0 Å². The molecule has 11 heavy (non-hydrogen) atoms. The Hall–Kier alpha value is -1.58. The van der Waals surface area contributed by atoms with Crippen LogP contribution >= 0.6 is 0 Å². The van der Waals surface area contributed by atoms with Crippen LogP contribution in [0.4, 0.5) is 0 Å². The fourth-order valence-electron chi connectivity index (χ4n) is 0.971. The highest BCUT2D eigenvalue weighted by molar-refractivity contribution is 5.60. The monoisotopic (exact) mass is 145 g/mol. The van der Waals surface area contributed by atoms with Crippen LogP contribution in [0.5, 0.6) is 0 Å². The molecule has 54 valence electrons. The summed E-state index contributed by atoms with van der Waals surface area (Å²) in [4.78, 5) is 10.3. The second kappa shape index (κ2) is 3.55. The van der Waals surface area contributed by atoms with E-state index in [1.807, 2.05) is 24.2 Å². The maximum atomic E-state index is 10.3. The zero-order chi connectivity index (χ0) is 8.10. The largest absolute Gasteiger partial charge is 0.233 e. The van der Waals surface area contributed by atoms with E-state index >= 15 is 0 Å². The average Bonchev–Trinajstić information content (AvgIpc) is 2.06. The highest BCUT2D eigenvalue weighted by Crippen LogP contribution is 2.18. The minimum Gasteiger partial charge on any atom is -0.233 e. The molecule has 0 fully saturated rings. The van der Waals surface area contributed by atoms with Crippen molar-refractivity contribution in [1.82, 2.24) is 0 Å². The third kappa shape index (κ3) is 1.67. The van der Waals surface area contributed by atoms with Crippen molar-refractivity contribution in [1.29, 1.82) is 5.26 Å². The summed E-state index contributed by atoms with van der Waals surface area (Å²) in [7, 11) is 0. The van der Waals surface area contributed by atoms with Gasteiger partial charge in [-0.1, -0.05) is 18.2 Å². The Morgan fingerprint density at radius 3 is 3.00 bits per heavy atom. The molecule has 2 heteroatoms. The van der Waals surface area contributed by atoms with Crippen molar-refractivity contribution in [2.24, 2.45) is 5.92 Å². The molecule has 0 amide bonds. The lowest BCUT2D eigenvalue weighted by molar-refractivity contribution is 0.564. The number of carbonyl (C=O) groups excluding carboxylic acids is 1. The molecule has 1 unspecified atom stereocenters. The molecule has 1 aliphatic rings. The lowest BCUT2D eigenvalue weighted by Crippen LogP contribution is -2.00. The zero-order valence-electron chi connectivity index (χ0n) is 5.95. The summed E-state index contributed by atoms with van der Waals surface area (Å²) in [6, 6.07) is 2.02. The van der Waals surface area contributed by atoms with E-state index in [0.717, 1.165) is 0 Å². The number of rotatable bonds is 1. The molecule has 0 saturated carbocycles. The standard InChI is InChI=1S/C9H7NO/c10-6-5-8-3-1-2-4-9(8)7-11/h1-4,8H,5H2. The Kier molecular flexibility index (Phi) is 2.43. The third-order valence-corrected chi connectivity index (χ3v) is 1.56.